The number of halogens is 1. The number of amides is 1. The first-order valence-electron chi connectivity index (χ1n) is 13.1. The lowest BCUT2D eigenvalue weighted by atomic mass is 9.77. The van der Waals surface area contributed by atoms with Crippen molar-refractivity contribution in [3.05, 3.63) is 95.3 Å². The zero-order valence-corrected chi connectivity index (χ0v) is 21.7. The molecule has 8 heteroatoms. The average molecular weight is 534 g/mol. The highest BCUT2D eigenvalue weighted by atomic mass is 19.1. The number of nitrogens with zero attached hydrogens (tertiary/aromatic N) is 1. The molecule has 0 aliphatic carbocycles. The summed E-state index contributed by atoms with van der Waals surface area (Å²) in [6.45, 7) is 2.07. The van der Waals surface area contributed by atoms with E-state index in [1.54, 1.807) is 41.3 Å². The van der Waals surface area contributed by atoms with Gasteiger partial charge in [-0.25, -0.2) is 4.39 Å². The van der Waals surface area contributed by atoms with E-state index in [2.05, 4.69) is 6.92 Å². The van der Waals surface area contributed by atoms with Gasteiger partial charge < -0.3 is 20.2 Å². The van der Waals surface area contributed by atoms with Crippen LogP contribution in [0.1, 0.15) is 61.3 Å². The van der Waals surface area contributed by atoms with E-state index in [4.69, 9.17) is 10.2 Å². The Morgan fingerprint density at radius 1 is 0.897 bits per heavy atom. The van der Waals surface area contributed by atoms with Crippen LogP contribution in [-0.4, -0.2) is 33.2 Å². The lowest BCUT2D eigenvalue weighted by Gasteiger charge is -2.48. The Hall–Kier alpha value is -4.20. The van der Waals surface area contributed by atoms with Crippen molar-refractivity contribution in [1.82, 2.24) is 0 Å². The Kier molecular flexibility index (Phi) is 8.64. The quantitative estimate of drug-likeness (QED) is 0.196. The number of anilines is 1. The van der Waals surface area contributed by atoms with Crippen LogP contribution in [-0.2, 0) is 20.8 Å². The van der Waals surface area contributed by atoms with E-state index < -0.39 is 17.9 Å². The Labute approximate surface area is 226 Å². The van der Waals surface area contributed by atoms with E-state index in [-0.39, 0.29) is 41.8 Å². The normalized spacial score (nSPS) is 17.6. The summed E-state index contributed by atoms with van der Waals surface area (Å²) < 4.78 is 13.3. The van der Waals surface area contributed by atoms with E-state index in [9.17, 15) is 23.9 Å². The second-order valence-electron chi connectivity index (χ2n) is 10.2. The molecule has 39 heavy (non-hydrogen) atoms. The van der Waals surface area contributed by atoms with Crippen LogP contribution in [0.3, 0.4) is 0 Å². The molecule has 4 rings (SSSR count). The van der Waals surface area contributed by atoms with Crippen LogP contribution in [0.5, 0.6) is 5.75 Å². The summed E-state index contributed by atoms with van der Waals surface area (Å²) in [5.41, 5.74) is 3.63. The molecule has 3 aromatic rings. The minimum atomic E-state index is -1.41. The van der Waals surface area contributed by atoms with Crippen LogP contribution < -0.4 is 4.90 Å². The fraction of sp³-hybridized carbons (Fsp3) is 0.323. The number of benzene rings is 3. The van der Waals surface area contributed by atoms with Crippen molar-refractivity contribution in [2.45, 2.75) is 51.0 Å². The summed E-state index contributed by atoms with van der Waals surface area (Å²) in [4.78, 5) is 37.3. The summed E-state index contributed by atoms with van der Waals surface area (Å²) >= 11 is 0. The molecule has 0 saturated carbocycles. The number of phenolic OH excluding ortho intramolecular Hbond substituents is 1. The molecule has 1 heterocycles. The van der Waals surface area contributed by atoms with E-state index in [1.165, 1.54) is 12.1 Å². The minimum Gasteiger partial charge on any atom is -0.508 e. The largest absolute Gasteiger partial charge is 0.508 e. The number of carboxylic acids is 2. The Morgan fingerprint density at radius 2 is 1.51 bits per heavy atom. The van der Waals surface area contributed by atoms with Crippen molar-refractivity contribution >= 4 is 23.5 Å². The third-order valence-electron chi connectivity index (χ3n) is 7.57. The molecule has 3 atom stereocenters. The number of hydrogen-bond acceptors (Lipinski definition) is 4. The van der Waals surface area contributed by atoms with E-state index in [0.29, 0.717) is 24.9 Å². The van der Waals surface area contributed by atoms with E-state index >= 15 is 0 Å². The van der Waals surface area contributed by atoms with Gasteiger partial charge in [-0.1, -0.05) is 43.3 Å². The summed E-state index contributed by atoms with van der Waals surface area (Å²) in [5, 5.41) is 27.8. The number of carbonyl (C=O) groups is 3. The molecule has 3 N–H and O–H groups in total. The molecule has 7 nitrogen and oxygen atoms in total. The van der Waals surface area contributed by atoms with Crippen LogP contribution in [0.25, 0.3) is 0 Å². The molecule has 1 unspecified atom stereocenters. The Bertz CT molecular complexity index is 1290. The number of aryl methyl sites for hydroxylation is 1. The fourth-order valence-electron chi connectivity index (χ4n) is 5.24. The van der Waals surface area contributed by atoms with Gasteiger partial charge in [-0.15, -0.1) is 0 Å². The number of aliphatic carboxylic acids is 2. The molecule has 1 aliphatic heterocycles. The summed E-state index contributed by atoms with van der Waals surface area (Å²) in [5.74, 6) is -4.31. The molecule has 1 amide bonds. The molecule has 3 aromatic carbocycles. The number of β-lactam (4-membered cyclic amide) rings is 1. The van der Waals surface area contributed by atoms with Crippen molar-refractivity contribution in [2.75, 3.05) is 4.90 Å². The van der Waals surface area contributed by atoms with Gasteiger partial charge in [-0.3, -0.25) is 14.4 Å². The van der Waals surface area contributed by atoms with Gasteiger partial charge in [0.2, 0.25) is 5.91 Å². The zero-order chi connectivity index (χ0) is 28.1. The lowest BCUT2D eigenvalue weighted by molar-refractivity contribution is -0.154. The maximum Gasteiger partial charge on any atom is 0.317 e. The van der Waals surface area contributed by atoms with Crippen LogP contribution >= 0.6 is 0 Å². The predicted octanol–water partition coefficient (Wildman–Crippen LogP) is 5.93. The summed E-state index contributed by atoms with van der Waals surface area (Å²) in [7, 11) is 0. The van der Waals surface area contributed by atoms with Crippen LogP contribution in [0.15, 0.2) is 72.8 Å². The zero-order valence-electron chi connectivity index (χ0n) is 21.7. The Balaban J connectivity index is 1.48. The minimum absolute atomic E-state index is 0.00876. The van der Waals surface area contributed by atoms with Gasteiger partial charge in [-0.2, -0.15) is 0 Å². The number of rotatable bonds is 12. The van der Waals surface area contributed by atoms with Gasteiger partial charge in [0.15, 0.2) is 5.92 Å². The average Bonchev–Trinajstić information content (AvgIpc) is 2.91. The Morgan fingerprint density at radius 3 is 2.10 bits per heavy atom. The highest BCUT2D eigenvalue weighted by Gasteiger charge is 2.48. The van der Waals surface area contributed by atoms with Gasteiger partial charge in [-0.05, 0) is 91.1 Å². The fourth-order valence-corrected chi connectivity index (χ4v) is 5.24. The molecule has 0 spiro atoms. The maximum atomic E-state index is 13.3. The van der Waals surface area contributed by atoms with Crippen LogP contribution in [0, 0.1) is 17.7 Å². The smallest absolute Gasteiger partial charge is 0.317 e. The highest BCUT2D eigenvalue weighted by Crippen LogP contribution is 2.46. The molecule has 0 radical (unpaired) electrons. The molecule has 1 aliphatic rings. The number of aromatic hydroxyl groups is 1. The number of carboxylic acid groups (broad SMARTS) is 2. The molecule has 0 aromatic heterocycles. The molecule has 1 fully saturated rings. The predicted molar refractivity (Wildman–Crippen MR) is 144 cm³/mol. The van der Waals surface area contributed by atoms with Gasteiger partial charge in [0, 0.05) is 5.69 Å². The van der Waals surface area contributed by atoms with E-state index in [1.807, 2.05) is 24.3 Å². The van der Waals surface area contributed by atoms with Gasteiger partial charge in [0.05, 0.1) is 12.0 Å². The second kappa shape index (κ2) is 12.1. The molecule has 0 bridgehead atoms. The SMILES string of the molecule is CC(CC[C@H]1C(=O)N(c2ccc(O)cc2)[C@@H]1c1ccc(CCCC(C(=O)O)C(=O)O)cc1)c1ccc(F)cc1. The van der Waals surface area contributed by atoms with Crippen LogP contribution in [0.2, 0.25) is 0 Å². The topological polar surface area (TPSA) is 115 Å². The first-order valence-corrected chi connectivity index (χ1v) is 13.1. The van der Waals surface area contributed by atoms with Crippen molar-refractivity contribution < 1.29 is 34.1 Å². The molecule has 204 valence electrons. The lowest BCUT2D eigenvalue weighted by Crippen LogP contribution is -2.55. The highest BCUT2D eigenvalue weighted by molar-refractivity contribution is 6.03. The number of carbonyl (C=O) groups excluding carboxylic acids is 1. The van der Waals surface area contributed by atoms with Crippen molar-refractivity contribution in [1.29, 1.82) is 0 Å². The van der Waals surface area contributed by atoms with E-state index in [0.717, 1.165) is 23.1 Å². The number of phenols is 1. The molecule has 1 saturated heterocycles. The maximum absolute atomic E-state index is 13.3. The van der Waals surface area contributed by atoms with Crippen molar-refractivity contribution in [3.8, 4) is 5.75 Å². The number of hydrogen-bond donors (Lipinski definition) is 3. The summed E-state index contributed by atoms with van der Waals surface area (Å²) in [6, 6.07) is 20.6. The third-order valence-corrected chi connectivity index (χ3v) is 7.57. The molecular weight excluding hydrogens is 501 g/mol. The first-order chi connectivity index (χ1) is 18.7. The van der Waals surface area contributed by atoms with Gasteiger partial charge in [0.1, 0.15) is 11.6 Å². The van der Waals surface area contributed by atoms with Gasteiger partial charge in [0.25, 0.3) is 0 Å². The second-order valence-corrected chi connectivity index (χ2v) is 10.2. The summed E-state index contributed by atoms with van der Waals surface area (Å²) in [6.07, 6.45) is 2.43. The standard InChI is InChI=1S/C31H32FNO6/c1-19(21-10-12-23(32)13-11-21)5-18-26-28(33(29(26)35)24-14-16-25(34)17-15-24)22-8-6-20(7-9-22)3-2-4-27(30(36)37)31(38)39/h6-17,19,26-28,34H,2-5,18H2,1H3,(H,36,37)(H,38,39)/t19?,26-,28-/m1/s1. The third kappa shape index (κ3) is 6.45. The monoisotopic (exact) mass is 533 g/mol. The first kappa shape index (κ1) is 27.8. The van der Waals surface area contributed by atoms with Crippen molar-refractivity contribution in [2.24, 2.45) is 11.8 Å². The van der Waals surface area contributed by atoms with Crippen LogP contribution in [0.4, 0.5) is 10.1 Å². The van der Waals surface area contributed by atoms with Crippen molar-refractivity contribution in [3.63, 3.8) is 0 Å². The van der Waals surface area contributed by atoms with Gasteiger partial charge >= 0.3 is 11.9 Å². The molecular formula is C31H32FNO6.